The molecular formula is C17H23FN2O2. The molecule has 22 heavy (non-hydrogen) atoms. The largest absolute Gasteiger partial charge is 0.444 e. The molecular weight excluding hydrogens is 283 g/mol. The number of carbonyl (C=O) groups is 1. The van der Waals surface area contributed by atoms with Crippen molar-refractivity contribution >= 4 is 17.9 Å². The third-order valence-corrected chi connectivity index (χ3v) is 3.50. The minimum Gasteiger partial charge on any atom is -0.444 e. The van der Waals surface area contributed by atoms with Gasteiger partial charge in [-0.25, -0.2) is 9.18 Å². The van der Waals surface area contributed by atoms with Crippen LogP contribution < -0.4 is 4.90 Å². The normalized spacial score (nSPS) is 15.6. The Balaban J connectivity index is 2.01. The Morgan fingerprint density at radius 2 is 1.91 bits per heavy atom. The van der Waals surface area contributed by atoms with Crippen LogP contribution in [-0.2, 0) is 4.74 Å². The van der Waals surface area contributed by atoms with Gasteiger partial charge >= 0.3 is 6.09 Å². The van der Waals surface area contributed by atoms with E-state index in [4.69, 9.17) is 4.74 Å². The van der Waals surface area contributed by atoms with Crippen LogP contribution in [-0.4, -0.2) is 42.8 Å². The zero-order valence-corrected chi connectivity index (χ0v) is 13.4. The van der Waals surface area contributed by atoms with E-state index >= 15 is 0 Å². The Hall–Kier alpha value is -2.04. The fourth-order valence-electron chi connectivity index (χ4n) is 2.40. The predicted molar refractivity (Wildman–Crippen MR) is 86.5 cm³/mol. The predicted octanol–water partition coefficient (Wildman–Crippen LogP) is 3.53. The van der Waals surface area contributed by atoms with Crippen molar-refractivity contribution in [3.05, 3.63) is 36.2 Å². The smallest absolute Gasteiger partial charge is 0.410 e. The number of benzene rings is 1. The first-order valence-corrected chi connectivity index (χ1v) is 7.45. The topological polar surface area (TPSA) is 32.8 Å². The lowest BCUT2D eigenvalue weighted by molar-refractivity contribution is 0.0240. The maximum atomic E-state index is 14.3. The van der Waals surface area contributed by atoms with E-state index in [2.05, 4.69) is 6.58 Å². The number of amides is 1. The molecule has 1 aromatic rings. The summed E-state index contributed by atoms with van der Waals surface area (Å²) in [6.07, 6.45) is 1.20. The van der Waals surface area contributed by atoms with E-state index in [0.29, 0.717) is 37.4 Å². The van der Waals surface area contributed by atoms with Crippen LogP contribution in [0.3, 0.4) is 0 Å². The molecule has 0 atom stereocenters. The third kappa shape index (κ3) is 3.78. The second-order valence-electron chi connectivity index (χ2n) is 6.34. The Morgan fingerprint density at radius 3 is 2.45 bits per heavy atom. The number of hydrogen-bond acceptors (Lipinski definition) is 3. The van der Waals surface area contributed by atoms with E-state index in [1.807, 2.05) is 31.7 Å². The van der Waals surface area contributed by atoms with Crippen LogP contribution in [0.1, 0.15) is 26.3 Å². The monoisotopic (exact) mass is 306 g/mol. The Kier molecular flexibility index (Phi) is 4.74. The van der Waals surface area contributed by atoms with Crippen LogP contribution in [0.2, 0.25) is 0 Å². The number of halogens is 1. The molecule has 1 fully saturated rings. The van der Waals surface area contributed by atoms with Gasteiger partial charge in [0, 0.05) is 31.7 Å². The van der Waals surface area contributed by atoms with Crippen LogP contribution in [0.5, 0.6) is 0 Å². The summed E-state index contributed by atoms with van der Waals surface area (Å²) in [5, 5.41) is 0. The van der Waals surface area contributed by atoms with Crippen molar-refractivity contribution in [2.75, 3.05) is 31.1 Å². The molecule has 0 N–H and O–H groups in total. The summed E-state index contributed by atoms with van der Waals surface area (Å²) in [6.45, 7) is 11.4. The second kappa shape index (κ2) is 6.38. The lowest BCUT2D eigenvalue weighted by Crippen LogP contribution is -2.50. The number of anilines is 1. The van der Waals surface area contributed by atoms with E-state index in [1.54, 1.807) is 17.0 Å². The number of nitrogens with zero attached hydrogens (tertiary/aromatic N) is 2. The van der Waals surface area contributed by atoms with E-state index in [0.717, 1.165) is 0 Å². The molecule has 0 spiro atoms. The van der Waals surface area contributed by atoms with Crippen molar-refractivity contribution in [2.24, 2.45) is 0 Å². The molecule has 4 nitrogen and oxygen atoms in total. The highest BCUT2D eigenvalue weighted by atomic mass is 19.1. The second-order valence-corrected chi connectivity index (χ2v) is 6.34. The first-order valence-electron chi connectivity index (χ1n) is 7.45. The van der Waals surface area contributed by atoms with Gasteiger partial charge in [0.1, 0.15) is 5.60 Å². The highest BCUT2D eigenvalue weighted by Crippen LogP contribution is 2.24. The molecule has 0 saturated carbocycles. The molecule has 1 aromatic carbocycles. The first-order chi connectivity index (χ1) is 10.3. The summed E-state index contributed by atoms with van der Waals surface area (Å²) in [7, 11) is 0. The summed E-state index contributed by atoms with van der Waals surface area (Å²) < 4.78 is 19.7. The van der Waals surface area contributed by atoms with Gasteiger partial charge in [-0.3, -0.25) is 0 Å². The molecule has 0 aromatic heterocycles. The molecule has 2 rings (SSSR count). The third-order valence-electron chi connectivity index (χ3n) is 3.50. The van der Waals surface area contributed by atoms with Crippen molar-refractivity contribution in [2.45, 2.75) is 26.4 Å². The fourth-order valence-corrected chi connectivity index (χ4v) is 2.40. The van der Waals surface area contributed by atoms with Crippen molar-refractivity contribution in [1.29, 1.82) is 0 Å². The summed E-state index contributed by atoms with van der Waals surface area (Å²) in [5.41, 5.74) is 0.548. The fraction of sp³-hybridized carbons (Fsp3) is 0.471. The molecule has 120 valence electrons. The van der Waals surface area contributed by atoms with Crippen molar-refractivity contribution < 1.29 is 13.9 Å². The zero-order chi connectivity index (χ0) is 16.3. The Morgan fingerprint density at radius 1 is 1.27 bits per heavy atom. The van der Waals surface area contributed by atoms with Gasteiger partial charge in [-0.1, -0.05) is 24.8 Å². The Labute approximate surface area is 131 Å². The minimum atomic E-state index is -0.501. The van der Waals surface area contributed by atoms with Crippen molar-refractivity contribution in [3.63, 3.8) is 0 Å². The maximum absolute atomic E-state index is 14.3. The van der Waals surface area contributed by atoms with Gasteiger partial charge in [0.05, 0.1) is 5.69 Å². The van der Waals surface area contributed by atoms with Crippen LogP contribution in [0.15, 0.2) is 24.8 Å². The summed E-state index contributed by atoms with van der Waals surface area (Å²) in [6, 6.07) is 5.27. The number of carbonyl (C=O) groups excluding carboxylic acids is 1. The van der Waals surface area contributed by atoms with Gasteiger partial charge in [0.15, 0.2) is 5.82 Å². The van der Waals surface area contributed by atoms with Crippen LogP contribution in [0.4, 0.5) is 14.9 Å². The van der Waals surface area contributed by atoms with Crippen molar-refractivity contribution in [3.8, 4) is 0 Å². The van der Waals surface area contributed by atoms with E-state index in [1.165, 1.54) is 6.08 Å². The van der Waals surface area contributed by atoms with E-state index < -0.39 is 5.60 Å². The summed E-state index contributed by atoms with van der Waals surface area (Å²) in [5.74, 6) is -0.261. The molecule has 1 heterocycles. The van der Waals surface area contributed by atoms with Gasteiger partial charge in [-0.2, -0.15) is 0 Å². The molecule has 1 amide bonds. The van der Waals surface area contributed by atoms with E-state index in [9.17, 15) is 9.18 Å². The summed E-state index contributed by atoms with van der Waals surface area (Å²) in [4.78, 5) is 15.6. The van der Waals surface area contributed by atoms with Gasteiger partial charge in [0.2, 0.25) is 0 Å². The number of ether oxygens (including phenoxy) is 1. The average Bonchev–Trinajstić information content (AvgIpc) is 2.46. The highest BCUT2D eigenvalue weighted by Gasteiger charge is 2.26. The van der Waals surface area contributed by atoms with Crippen molar-refractivity contribution in [1.82, 2.24) is 4.90 Å². The number of hydrogen-bond donors (Lipinski definition) is 0. The summed E-state index contributed by atoms with van der Waals surface area (Å²) >= 11 is 0. The van der Waals surface area contributed by atoms with Crippen LogP contribution in [0, 0.1) is 5.82 Å². The first kappa shape index (κ1) is 16.3. The van der Waals surface area contributed by atoms with Crippen LogP contribution >= 0.6 is 0 Å². The van der Waals surface area contributed by atoms with Gasteiger partial charge in [0.25, 0.3) is 0 Å². The van der Waals surface area contributed by atoms with Gasteiger partial charge in [-0.15, -0.1) is 0 Å². The molecule has 5 heteroatoms. The molecule has 0 radical (unpaired) electrons. The number of piperazine rings is 1. The quantitative estimate of drug-likeness (QED) is 0.838. The zero-order valence-electron chi connectivity index (χ0n) is 13.4. The number of rotatable bonds is 2. The van der Waals surface area contributed by atoms with Gasteiger partial charge in [-0.05, 0) is 26.8 Å². The lowest BCUT2D eigenvalue weighted by atomic mass is 10.1. The standard InChI is InChI=1S/C17H23FN2O2/c1-5-13-7-6-8-14(15(13)18)19-9-11-20(12-10-19)16(21)22-17(2,3)4/h5-8H,1,9-12H2,2-4H3. The SMILES string of the molecule is C=Cc1cccc(N2CCN(C(=O)OC(C)(C)C)CC2)c1F. The molecule has 0 unspecified atom stereocenters. The maximum Gasteiger partial charge on any atom is 0.410 e. The molecule has 0 bridgehead atoms. The highest BCUT2D eigenvalue weighted by molar-refractivity contribution is 5.69. The average molecular weight is 306 g/mol. The van der Waals surface area contributed by atoms with Gasteiger partial charge < -0.3 is 14.5 Å². The molecule has 1 saturated heterocycles. The molecule has 1 aliphatic heterocycles. The molecule has 1 aliphatic rings. The van der Waals surface area contributed by atoms with Crippen LogP contribution in [0.25, 0.3) is 6.08 Å². The minimum absolute atomic E-state index is 0.261. The molecule has 0 aliphatic carbocycles. The lowest BCUT2D eigenvalue weighted by Gasteiger charge is -2.37. The van der Waals surface area contributed by atoms with E-state index in [-0.39, 0.29) is 11.9 Å². The Bertz CT molecular complexity index is 558.